The number of alkyl halides is 2. The molecule has 0 aliphatic carbocycles. The van der Waals surface area contributed by atoms with Gasteiger partial charge in [0.05, 0.1) is 13.1 Å². The van der Waals surface area contributed by atoms with Crippen molar-refractivity contribution in [2.24, 2.45) is 11.5 Å². The molecule has 2 atom stereocenters. The highest BCUT2D eigenvalue weighted by molar-refractivity contribution is 6.21. The summed E-state index contributed by atoms with van der Waals surface area (Å²) >= 11 is 11.6. The second-order valence-corrected chi connectivity index (χ2v) is 6.41. The molecular weight excluding hydrogens is 303 g/mol. The maximum Gasteiger partial charge on any atom is 0.231 e. The molecule has 2 aliphatic rings. The standard InChI is InChI=1S/2C6H11ClN2O/c2*7-5-1-2-9(3-5)4-6(8)10/h2*5H,1-4H2,(H2,8,10)/t5-;/m0./s1. The number of likely N-dealkylation sites (tertiary alicyclic amines) is 2. The minimum Gasteiger partial charge on any atom is -0.369 e. The van der Waals surface area contributed by atoms with Crippen LogP contribution in [0.25, 0.3) is 0 Å². The molecule has 116 valence electrons. The average Bonchev–Trinajstić information content (AvgIpc) is 2.87. The third kappa shape index (κ3) is 7.28. The zero-order valence-electron chi connectivity index (χ0n) is 11.4. The number of carbonyl (C=O) groups excluding carboxylic acids is 2. The van der Waals surface area contributed by atoms with Crippen LogP contribution in [0.2, 0.25) is 0 Å². The number of hydrogen-bond donors (Lipinski definition) is 2. The first-order chi connectivity index (χ1) is 9.36. The smallest absolute Gasteiger partial charge is 0.231 e. The third-order valence-electron chi connectivity index (χ3n) is 3.19. The lowest BCUT2D eigenvalue weighted by atomic mass is 10.4. The van der Waals surface area contributed by atoms with Gasteiger partial charge in [0.2, 0.25) is 11.8 Å². The minimum atomic E-state index is -0.272. The van der Waals surface area contributed by atoms with E-state index in [0.717, 1.165) is 39.0 Å². The number of nitrogens with zero attached hydrogens (tertiary/aromatic N) is 2. The van der Waals surface area contributed by atoms with Gasteiger partial charge in [-0.2, -0.15) is 0 Å². The van der Waals surface area contributed by atoms with E-state index in [1.165, 1.54) is 0 Å². The molecule has 2 fully saturated rings. The Hall–Kier alpha value is -0.560. The summed E-state index contributed by atoms with van der Waals surface area (Å²) in [7, 11) is 0. The minimum absolute atomic E-state index is 0.208. The summed E-state index contributed by atoms with van der Waals surface area (Å²) in [5, 5.41) is 0.415. The van der Waals surface area contributed by atoms with Gasteiger partial charge >= 0.3 is 0 Å². The molecule has 8 heteroatoms. The maximum atomic E-state index is 10.4. The van der Waals surface area contributed by atoms with Crippen molar-refractivity contribution in [3.05, 3.63) is 0 Å². The van der Waals surface area contributed by atoms with E-state index >= 15 is 0 Å². The van der Waals surface area contributed by atoms with Gasteiger partial charge in [0.1, 0.15) is 0 Å². The topological polar surface area (TPSA) is 92.7 Å². The van der Waals surface area contributed by atoms with Gasteiger partial charge in [0.25, 0.3) is 0 Å². The number of nitrogens with two attached hydrogens (primary N) is 2. The highest BCUT2D eigenvalue weighted by Crippen LogP contribution is 2.13. The van der Waals surface area contributed by atoms with E-state index in [0.29, 0.717) is 13.1 Å². The molecule has 2 saturated heterocycles. The zero-order chi connectivity index (χ0) is 15.1. The van der Waals surface area contributed by atoms with E-state index in [1.807, 2.05) is 9.80 Å². The van der Waals surface area contributed by atoms with E-state index in [4.69, 9.17) is 34.7 Å². The van der Waals surface area contributed by atoms with Crippen LogP contribution in [-0.4, -0.2) is 71.6 Å². The van der Waals surface area contributed by atoms with Gasteiger partial charge in [-0.3, -0.25) is 19.4 Å². The molecule has 0 aromatic rings. The Morgan fingerprint density at radius 3 is 1.45 bits per heavy atom. The van der Waals surface area contributed by atoms with Crippen LogP contribution in [0, 0.1) is 0 Å². The molecular formula is C12H22Cl2N4O2. The van der Waals surface area contributed by atoms with Crippen LogP contribution in [0.3, 0.4) is 0 Å². The summed E-state index contributed by atoms with van der Waals surface area (Å²) in [6.07, 6.45) is 1.93. The Morgan fingerprint density at radius 2 is 1.25 bits per heavy atom. The molecule has 0 aromatic heterocycles. The SMILES string of the molecule is NC(=O)CN1CCC(Cl)C1.NC(=O)CN1CC[C@H](Cl)C1. The highest BCUT2D eigenvalue weighted by Gasteiger charge is 2.21. The summed E-state index contributed by atoms with van der Waals surface area (Å²) in [6, 6.07) is 0. The lowest BCUT2D eigenvalue weighted by molar-refractivity contribution is -0.119. The third-order valence-corrected chi connectivity index (χ3v) is 3.90. The van der Waals surface area contributed by atoms with Gasteiger partial charge in [-0.1, -0.05) is 0 Å². The first-order valence-corrected chi connectivity index (χ1v) is 7.53. The number of halogens is 2. The van der Waals surface area contributed by atoms with E-state index in [1.54, 1.807) is 0 Å². The molecule has 0 bridgehead atoms. The van der Waals surface area contributed by atoms with Crippen molar-refractivity contribution < 1.29 is 9.59 Å². The molecule has 2 amide bonds. The zero-order valence-corrected chi connectivity index (χ0v) is 12.9. The van der Waals surface area contributed by atoms with Crippen molar-refractivity contribution in [1.82, 2.24) is 9.80 Å². The van der Waals surface area contributed by atoms with Crippen LogP contribution in [0.15, 0.2) is 0 Å². The first kappa shape index (κ1) is 17.5. The Labute approximate surface area is 129 Å². The molecule has 0 spiro atoms. The van der Waals surface area contributed by atoms with Crippen LogP contribution in [-0.2, 0) is 9.59 Å². The molecule has 2 rings (SSSR count). The largest absolute Gasteiger partial charge is 0.369 e. The molecule has 1 unspecified atom stereocenters. The summed E-state index contributed by atoms with van der Waals surface area (Å²) in [6.45, 7) is 4.09. The van der Waals surface area contributed by atoms with E-state index in [2.05, 4.69) is 0 Å². The Balaban J connectivity index is 0.000000200. The van der Waals surface area contributed by atoms with E-state index in [-0.39, 0.29) is 22.6 Å². The Morgan fingerprint density at radius 1 is 0.900 bits per heavy atom. The van der Waals surface area contributed by atoms with Crippen LogP contribution in [0.4, 0.5) is 0 Å². The summed E-state index contributed by atoms with van der Waals surface area (Å²) in [5.41, 5.74) is 9.99. The molecule has 6 nitrogen and oxygen atoms in total. The van der Waals surface area contributed by atoms with Crippen molar-refractivity contribution in [2.75, 3.05) is 39.3 Å². The maximum absolute atomic E-state index is 10.4. The molecule has 0 radical (unpaired) electrons. The predicted molar refractivity (Wildman–Crippen MR) is 79.8 cm³/mol. The van der Waals surface area contributed by atoms with Gasteiger partial charge in [-0.05, 0) is 12.8 Å². The molecule has 2 aliphatic heterocycles. The fraction of sp³-hybridized carbons (Fsp3) is 0.833. The normalized spacial score (nSPS) is 27.1. The van der Waals surface area contributed by atoms with Gasteiger partial charge in [-0.15, -0.1) is 23.2 Å². The van der Waals surface area contributed by atoms with E-state index in [9.17, 15) is 9.59 Å². The number of hydrogen-bond acceptors (Lipinski definition) is 4. The van der Waals surface area contributed by atoms with Gasteiger partial charge in [-0.25, -0.2) is 0 Å². The van der Waals surface area contributed by atoms with Crippen molar-refractivity contribution in [3.63, 3.8) is 0 Å². The Bertz CT molecular complexity index is 311. The van der Waals surface area contributed by atoms with Crippen molar-refractivity contribution >= 4 is 35.0 Å². The average molecular weight is 325 g/mol. The molecule has 20 heavy (non-hydrogen) atoms. The van der Waals surface area contributed by atoms with E-state index < -0.39 is 0 Å². The number of carbonyl (C=O) groups is 2. The summed E-state index contributed by atoms with van der Waals surface area (Å²) in [5.74, 6) is -0.545. The number of rotatable bonds is 4. The predicted octanol–water partition coefficient (Wildman–Crippen LogP) is -0.430. The second-order valence-electron chi connectivity index (χ2n) is 5.17. The fourth-order valence-electron chi connectivity index (χ4n) is 2.30. The fourth-order valence-corrected chi connectivity index (χ4v) is 2.88. The van der Waals surface area contributed by atoms with Gasteiger partial charge in [0.15, 0.2) is 0 Å². The van der Waals surface area contributed by atoms with Gasteiger partial charge in [0, 0.05) is 36.9 Å². The lowest BCUT2D eigenvalue weighted by Crippen LogP contribution is -2.32. The highest BCUT2D eigenvalue weighted by atomic mass is 35.5. The molecule has 0 saturated carbocycles. The molecule has 4 N–H and O–H groups in total. The van der Waals surface area contributed by atoms with Crippen LogP contribution < -0.4 is 11.5 Å². The van der Waals surface area contributed by atoms with Gasteiger partial charge < -0.3 is 11.5 Å². The number of amides is 2. The summed E-state index contributed by atoms with van der Waals surface area (Å²) < 4.78 is 0. The summed E-state index contributed by atoms with van der Waals surface area (Å²) in [4.78, 5) is 24.7. The Kier molecular flexibility index (Phi) is 7.58. The molecule has 0 aromatic carbocycles. The van der Waals surface area contributed by atoms with Crippen LogP contribution in [0.5, 0.6) is 0 Å². The van der Waals surface area contributed by atoms with Crippen molar-refractivity contribution in [2.45, 2.75) is 23.6 Å². The quantitative estimate of drug-likeness (QED) is 0.686. The van der Waals surface area contributed by atoms with Crippen molar-refractivity contribution in [1.29, 1.82) is 0 Å². The lowest BCUT2D eigenvalue weighted by Gasteiger charge is -2.10. The second kappa shape index (κ2) is 8.67. The van der Waals surface area contributed by atoms with Crippen LogP contribution in [0.1, 0.15) is 12.8 Å². The number of primary amides is 2. The van der Waals surface area contributed by atoms with Crippen molar-refractivity contribution in [3.8, 4) is 0 Å². The monoisotopic (exact) mass is 324 g/mol. The molecule has 2 heterocycles. The first-order valence-electron chi connectivity index (χ1n) is 6.66. The van der Waals surface area contributed by atoms with Crippen LogP contribution >= 0.6 is 23.2 Å².